The zero-order chi connectivity index (χ0) is 27.9. The van der Waals surface area contributed by atoms with Crippen molar-refractivity contribution in [2.75, 3.05) is 4.90 Å². The Morgan fingerprint density at radius 1 is 0.875 bits per heavy atom. The molecule has 0 radical (unpaired) electrons. The van der Waals surface area contributed by atoms with Crippen LogP contribution in [-0.2, 0) is 19.6 Å². The van der Waals surface area contributed by atoms with Crippen molar-refractivity contribution in [1.82, 2.24) is 9.29 Å². The molecule has 2 heterocycles. The van der Waals surface area contributed by atoms with E-state index >= 15 is 0 Å². The number of oxazole rings is 1. The Bertz CT molecular complexity index is 1630. The molecule has 0 bridgehead atoms. The number of nitrogens with zero attached hydrogens (tertiary/aromatic N) is 3. The zero-order valence-electron chi connectivity index (χ0n) is 21.7. The van der Waals surface area contributed by atoms with Crippen molar-refractivity contribution in [3.05, 3.63) is 78.6 Å². The van der Waals surface area contributed by atoms with E-state index in [9.17, 15) is 22.4 Å². The summed E-state index contributed by atoms with van der Waals surface area (Å²) in [4.78, 5) is 32.5. The van der Waals surface area contributed by atoms with Crippen molar-refractivity contribution in [2.45, 2.75) is 61.9 Å². The molecular formula is C30H28FN3O5S. The van der Waals surface area contributed by atoms with E-state index in [1.165, 1.54) is 16.4 Å². The first-order chi connectivity index (χ1) is 19.3. The molecule has 4 aromatic rings. The zero-order valence-corrected chi connectivity index (χ0v) is 22.5. The van der Waals surface area contributed by atoms with Gasteiger partial charge >= 0.3 is 0 Å². The number of amides is 2. The second-order valence-electron chi connectivity index (χ2n) is 10.3. The average Bonchev–Trinajstić information content (AvgIpc) is 3.38. The van der Waals surface area contributed by atoms with E-state index in [-0.39, 0.29) is 11.3 Å². The molecule has 1 saturated heterocycles. The van der Waals surface area contributed by atoms with E-state index in [2.05, 4.69) is 4.98 Å². The van der Waals surface area contributed by atoms with Gasteiger partial charge in [0.2, 0.25) is 21.8 Å². The van der Waals surface area contributed by atoms with Gasteiger partial charge in [-0.3, -0.25) is 9.59 Å². The molecule has 1 saturated carbocycles. The van der Waals surface area contributed by atoms with Crippen molar-refractivity contribution in [2.24, 2.45) is 0 Å². The fourth-order valence-electron chi connectivity index (χ4n) is 5.69. The van der Waals surface area contributed by atoms with Crippen molar-refractivity contribution >= 4 is 38.6 Å². The Morgan fingerprint density at radius 3 is 2.23 bits per heavy atom. The number of sulfonamides is 1. The fourth-order valence-corrected chi connectivity index (χ4v) is 7.52. The summed E-state index contributed by atoms with van der Waals surface area (Å²) >= 11 is 0. The maximum absolute atomic E-state index is 13.9. The molecule has 2 amide bonds. The summed E-state index contributed by atoms with van der Waals surface area (Å²) in [5.41, 5.74) is 2.39. The minimum atomic E-state index is -4.19. The Balaban J connectivity index is 1.32. The third-order valence-electron chi connectivity index (χ3n) is 7.67. The van der Waals surface area contributed by atoms with E-state index in [0.29, 0.717) is 35.6 Å². The predicted octanol–water partition coefficient (Wildman–Crippen LogP) is 5.68. The molecule has 1 unspecified atom stereocenters. The molecule has 40 heavy (non-hydrogen) atoms. The van der Waals surface area contributed by atoms with Crippen molar-refractivity contribution in [3.8, 4) is 11.5 Å². The molecule has 8 nitrogen and oxygen atoms in total. The van der Waals surface area contributed by atoms with Crippen LogP contribution in [-0.4, -0.2) is 41.6 Å². The molecule has 10 heteroatoms. The number of para-hydroxylation sites is 2. The Labute approximate surface area is 231 Å². The highest BCUT2D eigenvalue weighted by Gasteiger charge is 2.49. The van der Waals surface area contributed by atoms with Crippen LogP contribution in [0.5, 0.6) is 0 Å². The van der Waals surface area contributed by atoms with Crippen LogP contribution in [0, 0.1) is 5.82 Å². The van der Waals surface area contributed by atoms with Crippen molar-refractivity contribution < 1.29 is 26.8 Å². The molecule has 206 valence electrons. The molecule has 0 N–H and O–H groups in total. The SMILES string of the molecule is O=C1CC(N(C2CCCCCC2)S(=O)(=O)c2ccc(F)cc2)C(=O)N1c1ccc(-c2nc3ccccc3o2)cc1. The van der Waals surface area contributed by atoms with Crippen LogP contribution in [0.1, 0.15) is 44.9 Å². The lowest BCUT2D eigenvalue weighted by molar-refractivity contribution is -0.122. The molecule has 0 spiro atoms. The van der Waals surface area contributed by atoms with Crippen molar-refractivity contribution in [1.29, 1.82) is 0 Å². The third-order valence-corrected chi connectivity index (χ3v) is 9.65. The molecule has 1 aliphatic heterocycles. The molecule has 1 atom stereocenters. The Hall–Kier alpha value is -3.89. The van der Waals surface area contributed by atoms with Gasteiger partial charge in [-0.2, -0.15) is 4.31 Å². The quantitative estimate of drug-likeness (QED) is 0.222. The minimum absolute atomic E-state index is 0.0977. The van der Waals surface area contributed by atoms with Crippen LogP contribution in [0.3, 0.4) is 0 Å². The van der Waals surface area contributed by atoms with E-state index in [1.807, 2.05) is 24.3 Å². The molecule has 3 aromatic carbocycles. The summed E-state index contributed by atoms with van der Waals surface area (Å²) in [7, 11) is -4.19. The summed E-state index contributed by atoms with van der Waals surface area (Å²) in [6.45, 7) is 0. The van der Waals surface area contributed by atoms with Gasteiger partial charge in [0.25, 0.3) is 5.91 Å². The predicted molar refractivity (Wildman–Crippen MR) is 147 cm³/mol. The van der Waals surface area contributed by atoms with Gasteiger partial charge in [0.1, 0.15) is 17.4 Å². The lowest BCUT2D eigenvalue weighted by atomic mass is 10.1. The molecule has 2 aliphatic rings. The second kappa shape index (κ2) is 10.6. The average molecular weight is 562 g/mol. The topological polar surface area (TPSA) is 101 Å². The van der Waals surface area contributed by atoms with Gasteiger partial charge in [0, 0.05) is 11.6 Å². The number of carbonyl (C=O) groups is 2. The Morgan fingerprint density at radius 2 is 1.55 bits per heavy atom. The smallest absolute Gasteiger partial charge is 0.252 e. The van der Waals surface area contributed by atoms with E-state index in [4.69, 9.17) is 4.42 Å². The highest BCUT2D eigenvalue weighted by atomic mass is 32.2. The summed E-state index contributed by atoms with van der Waals surface area (Å²) in [6, 6.07) is 17.1. The first-order valence-electron chi connectivity index (χ1n) is 13.4. The van der Waals surface area contributed by atoms with Gasteiger partial charge in [0.15, 0.2) is 5.58 Å². The lowest BCUT2D eigenvalue weighted by Gasteiger charge is -2.33. The normalized spacial score (nSPS) is 19.1. The number of anilines is 1. The highest BCUT2D eigenvalue weighted by molar-refractivity contribution is 7.89. The van der Waals surface area contributed by atoms with Crippen LogP contribution >= 0.6 is 0 Å². The van der Waals surface area contributed by atoms with Gasteiger partial charge in [-0.25, -0.2) is 22.7 Å². The van der Waals surface area contributed by atoms with Gasteiger partial charge in [-0.15, -0.1) is 0 Å². The summed E-state index contributed by atoms with van der Waals surface area (Å²) in [5.74, 6) is -1.21. The number of hydrogen-bond donors (Lipinski definition) is 0. The Kier molecular flexibility index (Phi) is 6.97. The van der Waals surface area contributed by atoms with E-state index in [1.54, 1.807) is 24.3 Å². The first-order valence-corrected chi connectivity index (χ1v) is 14.9. The van der Waals surface area contributed by atoms with Gasteiger partial charge in [0.05, 0.1) is 17.0 Å². The third kappa shape index (κ3) is 4.82. The summed E-state index contributed by atoms with van der Waals surface area (Å²) < 4.78 is 48.5. The lowest BCUT2D eigenvalue weighted by Crippen LogP contribution is -2.50. The van der Waals surface area contributed by atoms with E-state index in [0.717, 1.165) is 48.2 Å². The molecule has 6 rings (SSSR count). The highest BCUT2D eigenvalue weighted by Crippen LogP contribution is 2.35. The van der Waals surface area contributed by atoms with Crippen LogP contribution in [0.2, 0.25) is 0 Å². The second-order valence-corrected chi connectivity index (χ2v) is 12.1. The summed E-state index contributed by atoms with van der Waals surface area (Å²) in [5, 5.41) is 0. The molecular weight excluding hydrogens is 533 g/mol. The van der Waals surface area contributed by atoms with Crippen molar-refractivity contribution in [3.63, 3.8) is 0 Å². The van der Waals surface area contributed by atoms with Gasteiger partial charge in [-0.1, -0.05) is 37.8 Å². The largest absolute Gasteiger partial charge is 0.436 e. The molecule has 1 aliphatic carbocycles. The van der Waals surface area contributed by atoms with Gasteiger partial charge in [-0.05, 0) is 73.5 Å². The minimum Gasteiger partial charge on any atom is -0.436 e. The number of aromatic nitrogens is 1. The van der Waals surface area contributed by atoms with Crippen LogP contribution in [0.15, 0.2) is 82.1 Å². The molecule has 1 aromatic heterocycles. The molecule has 2 fully saturated rings. The number of imide groups is 1. The maximum atomic E-state index is 13.9. The number of rotatable bonds is 6. The fraction of sp³-hybridized carbons (Fsp3) is 0.300. The standard InChI is InChI=1S/C30H28FN3O5S/c31-21-13-17-24(18-14-21)40(37,38)34(23-7-3-1-2-4-8-23)26-19-28(35)33(30(26)36)22-15-11-20(12-16-22)29-32-25-9-5-6-10-27(25)39-29/h5-6,9-18,23,26H,1-4,7-8,19H2. The summed E-state index contributed by atoms with van der Waals surface area (Å²) in [6.07, 6.45) is 4.55. The number of fused-ring (bicyclic) bond motifs is 1. The number of halogens is 1. The number of hydrogen-bond acceptors (Lipinski definition) is 6. The first kappa shape index (κ1) is 26.3. The van der Waals surface area contributed by atoms with Crippen LogP contribution < -0.4 is 4.90 Å². The number of benzene rings is 3. The van der Waals surface area contributed by atoms with Gasteiger partial charge < -0.3 is 4.42 Å². The monoisotopic (exact) mass is 561 g/mol. The maximum Gasteiger partial charge on any atom is 0.252 e. The number of carbonyl (C=O) groups excluding carboxylic acids is 2. The van der Waals surface area contributed by atoms with Crippen LogP contribution in [0.4, 0.5) is 10.1 Å². The van der Waals surface area contributed by atoms with Crippen LogP contribution in [0.25, 0.3) is 22.6 Å². The van der Waals surface area contributed by atoms with E-state index < -0.39 is 39.7 Å².